The van der Waals surface area contributed by atoms with Gasteiger partial charge in [-0.15, -0.1) is 0 Å². The minimum absolute atomic E-state index is 0.0229. The highest BCUT2D eigenvalue weighted by atomic mass is 19.2. The summed E-state index contributed by atoms with van der Waals surface area (Å²) in [5.74, 6) is -0.324. The third-order valence-electron chi connectivity index (χ3n) is 6.35. The molecule has 0 saturated heterocycles. The summed E-state index contributed by atoms with van der Waals surface area (Å²) in [5.41, 5.74) is 0. The van der Waals surface area contributed by atoms with Crippen LogP contribution in [-0.4, -0.2) is 11.0 Å². The molecular weight excluding hydrogens is 336 g/mol. The first-order chi connectivity index (χ1) is 12.6. The lowest BCUT2D eigenvalue weighted by Gasteiger charge is -2.37. The molecule has 2 aliphatic carbocycles. The number of hydrogen-bond acceptors (Lipinski definition) is 3. The van der Waals surface area contributed by atoms with Crippen LogP contribution in [0.1, 0.15) is 71.1 Å². The maximum Gasteiger partial charge on any atom is 0.314 e. The Hall–Kier alpha value is -1.52. The number of halogens is 2. The van der Waals surface area contributed by atoms with Crippen LogP contribution in [0.3, 0.4) is 0 Å². The predicted octanol–water partition coefficient (Wildman–Crippen LogP) is 5.68. The number of hydrogen-bond donors (Lipinski definition) is 0. The van der Waals surface area contributed by atoms with E-state index in [1.54, 1.807) is 0 Å². The van der Waals surface area contributed by atoms with Gasteiger partial charge < -0.3 is 4.74 Å². The van der Waals surface area contributed by atoms with Gasteiger partial charge in [-0.2, -0.15) is 4.39 Å². The predicted molar refractivity (Wildman–Crippen MR) is 95.6 cm³/mol. The van der Waals surface area contributed by atoms with Gasteiger partial charge in [0.2, 0.25) is 5.95 Å². The van der Waals surface area contributed by atoms with Crippen LogP contribution in [0.25, 0.3) is 0 Å². The third kappa shape index (κ3) is 4.80. The van der Waals surface area contributed by atoms with Gasteiger partial charge in [-0.05, 0) is 56.3 Å². The Morgan fingerprint density at radius 1 is 1.08 bits per heavy atom. The van der Waals surface area contributed by atoms with Gasteiger partial charge in [-0.3, -0.25) is 4.79 Å². The van der Waals surface area contributed by atoms with Crippen LogP contribution in [0.15, 0.2) is 12.3 Å². The molecule has 144 valence electrons. The highest BCUT2D eigenvalue weighted by molar-refractivity contribution is 5.75. The number of aromatic nitrogens is 1. The first-order valence-corrected chi connectivity index (χ1v) is 10.1. The van der Waals surface area contributed by atoms with Crippen LogP contribution in [-0.2, 0) is 4.79 Å². The standard InChI is InChI=1S/C21H29F2NO2/c1-2-3-14-4-6-15(7-5-14)16-8-10-17(11-9-16)21(25)26-18-12-19(22)20(23)24-13-18/h12-17H,2-11H2,1H3. The fraction of sp³-hybridized carbons (Fsp3) is 0.714. The zero-order valence-electron chi connectivity index (χ0n) is 15.6. The minimum Gasteiger partial charge on any atom is -0.425 e. The Morgan fingerprint density at radius 2 is 1.69 bits per heavy atom. The molecule has 2 aliphatic rings. The van der Waals surface area contributed by atoms with Crippen molar-refractivity contribution in [1.29, 1.82) is 0 Å². The van der Waals surface area contributed by atoms with E-state index in [1.165, 1.54) is 38.5 Å². The van der Waals surface area contributed by atoms with Gasteiger partial charge in [0.1, 0.15) is 0 Å². The van der Waals surface area contributed by atoms with E-state index < -0.39 is 11.8 Å². The van der Waals surface area contributed by atoms with Gasteiger partial charge in [0.05, 0.1) is 12.1 Å². The van der Waals surface area contributed by atoms with Crippen LogP contribution < -0.4 is 4.74 Å². The average Bonchev–Trinajstić information content (AvgIpc) is 2.66. The Labute approximate surface area is 154 Å². The summed E-state index contributed by atoms with van der Waals surface area (Å²) >= 11 is 0. The molecule has 5 heteroatoms. The number of esters is 1. The number of rotatable bonds is 5. The average molecular weight is 365 g/mol. The largest absolute Gasteiger partial charge is 0.425 e. The maximum atomic E-state index is 13.2. The number of carbonyl (C=O) groups is 1. The fourth-order valence-electron chi connectivity index (χ4n) is 4.84. The smallest absolute Gasteiger partial charge is 0.314 e. The van der Waals surface area contributed by atoms with Crippen LogP contribution in [0.2, 0.25) is 0 Å². The number of carbonyl (C=O) groups excluding carboxylic acids is 1. The molecule has 0 bridgehead atoms. The van der Waals surface area contributed by atoms with Gasteiger partial charge in [0, 0.05) is 6.07 Å². The van der Waals surface area contributed by atoms with Crippen molar-refractivity contribution in [2.75, 3.05) is 0 Å². The van der Waals surface area contributed by atoms with E-state index >= 15 is 0 Å². The normalized spacial score (nSPS) is 29.3. The summed E-state index contributed by atoms with van der Waals surface area (Å²) in [6.45, 7) is 2.27. The van der Waals surface area contributed by atoms with Gasteiger partial charge >= 0.3 is 5.97 Å². The van der Waals surface area contributed by atoms with E-state index in [2.05, 4.69) is 11.9 Å². The maximum absolute atomic E-state index is 13.2. The number of nitrogens with zero attached hydrogens (tertiary/aromatic N) is 1. The molecule has 0 aliphatic heterocycles. The zero-order chi connectivity index (χ0) is 18.5. The lowest BCUT2D eigenvalue weighted by atomic mass is 9.69. The second-order valence-electron chi connectivity index (χ2n) is 8.05. The lowest BCUT2D eigenvalue weighted by molar-refractivity contribution is -0.140. The second kappa shape index (κ2) is 8.92. The topological polar surface area (TPSA) is 39.2 Å². The van der Waals surface area contributed by atoms with Crippen LogP contribution in [0.5, 0.6) is 5.75 Å². The Balaban J connectivity index is 1.44. The zero-order valence-corrected chi connectivity index (χ0v) is 15.6. The van der Waals surface area contributed by atoms with Gasteiger partial charge in [-0.1, -0.05) is 32.6 Å². The van der Waals surface area contributed by atoms with Gasteiger partial charge in [0.25, 0.3) is 0 Å². The molecule has 1 heterocycles. The minimum atomic E-state index is -1.18. The van der Waals surface area contributed by atoms with Gasteiger partial charge in [-0.25, -0.2) is 9.37 Å². The van der Waals surface area contributed by atoms with Crippen molar-refractivity contribution in [3.63, 3.8) is 0 Å². The number of ether oxygens (including phenoxy) is 1. The fourth-order valence-corrected chi connectivity index (χ4v) is 4.84. The summed E-state index contributed by atoms with van der Waals surface area (Å²) in [7, 11) is 0. The summed E-state index contributed by atoms with van der Waals surface area (Å²) in [6, 6.07) is 0.876. The summed E-state index contributed by atoms with van der Waals surface area (Å²) in [5, 5.41) is 0. The molecule has 2 fully saturated rings. The summed E-state index contributed by atoms with van der Waals surface area (Å²) in [6.07, 6.45) is 12.9. The first kappa shape index (κ1) is 19.2. The monoisotopic (exact) mass is 365 g/mol. The van der Waals surface area contributed by atoms with Crippen LogP contribution in [0.4, 0.5) is 8.78 Å². The molecule has 0 spiro atoms. The highest BCUT2D eigenvalue weighted by Gasteiger charge is 2.33. The summed E-state index contributed by atoms with van der Waals surface area (Å²) in [4.78, 5) is 15.5. The van der Waals surface area contributed by atoms with Crippen molar-refractivity contribution in [3.8, 4) is 5.75 Å². The van der Waals surface area contributed by atoms with E-state index in [9.17, 15) is 13.6 Å². The van der Waals surface area contributed by atoms with E-state index in [-0.39, 0.29) is 17.6 Å². The molecule has 0 atom stereocenters. The molecule has 0 aromatic carbocycles. The first-order valence-electron chi connectivity index (χ1n) is 10.1. The molecule has 3 nitrogen and oxygen atoms in total. The molecule has 26 heavy (non-hydrogen) atoms. The molecule has 0 unspecified atom stereocenters. The van der Waals surface area contributed by atoms with Crippen molar-refractivity contribution >= 4 is 5.97 Å². The van der Waals surface area contributed by atoms with Crippen molar-refractivity contribution in [2.24, 2.45) is 23.7 Å². The van der Waals surface area contributed by atoms with Crippen LogP contribution in [0, 0.1) is 35.4 Å². The van der Waals surface area contributed by atoms with E-state index in [0.29, 0.717) is 0 Å². The van der Waals surface area contributed by atoms with Crippen molar-refractivity contribution in [1.82, 2.24) is 4.98 Å². The molecule has 2 saturated carbocycles. The molecule has 0 radical (unpaired) electrons. The van der Waals surface area contributed by atoms with Gasteiger partial charge in [0.15, 0.2) is 11.6 Å². The molecule has 0 N–H and O–H groups in total. The van der Waals surface area contributed by atoms with Crippen molar-refractivity contribution < 1.29 is 18.3 Å². The SMILES string of the molecule is CCCC1CCC(C2CCC(C(=O)Oc3cnc(F)c(F)c3)CC2)CC1. The Bertz CT molecular complexity index is 606. The summed E-state index contributed by atoms with van der Waals surface area (Å²) < 4.78 is 31.2. The molecule has 1 aromatic rings. The Kier molecular flexibility index (Phi) is 6.60. The van der Waals surface area contributed by atoms with Crippen LogP contribution >= 0.6 is 0 Å². The van der Waals surface area contributed by atoms with E-state index in [4.69, 9.17) is 4.74 Å². The van der Waals surface area contributed by atoms with Crippen molar-refractivity contribution in [2.45, 2.75) is 71.1 Å². The van der Waals surface area contributed by atoms with E-state index in [1.807, 2.05) is 0 Å². The highest BCUT2D eigenvalue weighted by Crippen LogP contribution is 2.42. The van der Waals surface area contributed by atoms with E-state index in [0.717, 1.165) is 55.7 Å². The van der Waals surface area contributed by atoms with Crippen molar-refractivity contribution in [3.05, 3.63) is 24.0 Å². The molecule has 1 aromatic heterocycles. The molecule has 3 rings (SSSR count). The third-order valence-corrected chi connectivity index (χ3v) is 6.35. The Morgan fingerprint density at radius 3 is 2.27 bits per heavy atom. The second-order valence-corrected chi connectivity index (χ2v) is 8.05. The molecular formula is C21H29F2NO2. The number of pyridine rings is 1. The quantitative estimate of drug-likeness (QED) is 0.498. The molecule has 0 amide bonds. The lowest BCUT2D eigenvalue weighted by Crippen LogP contribution is -2.30.